The van der Waals surface area contributed by atoms with Gasteiger partial charge in [-0.1, -0.05) is 42.5 Å². The Balaban J connectivity index is 1.69. The molecule has 3 aromatic carbocycles. The van der Waals surface area contributed by atoms with Crippen molar-refractivity contribution in [2.75, 3.05) is 18.6 Å². The van der Waals surface area contributed by atoms with Crippen molar-refractivity contribution in [2.24, 2.45) is 0 Å². The number of fused-ring (bicyclic) bond motifs is 2. The summed E-state index contributed by atoms with van der Waals surface area (Å²) in [5, 5.41) is 5.62. The SMILES string of the molecule is COc1cccc2c(C(C[PH](=O)O)C(=O)Nc3ccc4ccccc4c3)coc12. The zero-order valence-corrected chi connectivity index (χ0v) is 16.7. The Bertz CT molecular complexity index is 1220. The molecular weight excluding hydrogens is 389 g/mol. The minimum absolute atomic E-state index is 0.171. The van der Waals surface area contributed by atoms with Crippen molar-refractivity contribution < 1.29 is 23.4 Å². The van der Waals surface area contributed by atoms with E-state index in [9.17, 15) is 14.3 Å². The van der Waals surface area contributed by atoms with Crippen molar-refractivity contribution in [1.82, 2.24) is 0 Å². The van der Waals surface area contributed by atoms with Gasteiger partial charge in [0.15, 0.2) is 19.4 Å². The lowest BCUT2D eigenvalue weighted by Crippen LogP contribution is -2.22. The molecule has 1 aromatic heterocycles. The highest BCUT2D eigenvalue weighted by Gasteiger charge is 2.27. The van der Waals surface area contributed by atoms with Crippen LogP contribution in [0.1, 0.15) is 11.5 Å². The van der Waals surface area contributed by atoms with Crippen LogP contribution in [0.15, 0.2) is 71.3 Å². The van der Waals surface area contributed by atoms with Crippen LogP contribution in [0.3, 0.4) is 0 Å². The van der Waals surface area contributed by atoms with E-state index in [4.69, 9.17) is 9.15 Å². The smallest absolute Gasteiger partial charge is 0.232 e. The molecule has 1 heterocycles. The minimum atomic E-state index is -2.90. The summed E-state index contributed by atoms with van der Waals surface area (Å²) in [6.07, 6.45) is 1.29. The van der Waals surface area contributed by atoms with Gasteiger partial charge in [-0.3, -0.25) is 9.36 Å². The van der Waals surface area contributed by atoms with Gasteiger partial charge in [-0.25, -0.2) is 0 Å². The first kappa shape index (κ1) is 19.2. The summed E-state index contributed by atoms with van der Waals surface area (Å²) in [6.45, 7) is 0. The third-order valence-electron chi connectivity index (χ3n) is 4.90. The molecule has 0 saturated heterocycles. The molecule has 7 heteroatoms. The average molecular weight is 409 g/mol. The normalized spacial score (nSPS) is 13.3. The molecule has 4 rings (SSSR count). The molecule has 0 aliphatic heterocycles. The van der Waals surface area contributed by atoms with Crippen molar-refractivity contribution in [3.05, 3.63) is 72.5 Å². The Labute approximate surface area is 168 Å². The number of nitrogens with one attached hydrogen (secondary N) is 1. The molecule has 29 heavy (non-hydrogen) atoms. The monoisotopic (exact) mass is 409 g/mol. The number of rotatable bonds is 6. The Morgan fingerprint density at radius 1 is 1.14 bits per heavy atom. The van der Waals surface area contributed by atoms with Gasteiger partial charge in [0.2, 0.25) is 5.91 Å². The summed E-state index contributed by atoms with van der Waals surface area (Å²) in [6, 6.07) is 18.8. The summed E-state index contributed by atoms with van der Waals surface area (Å²) < 4.78 is 22.6. The highest BCUT2D eigenvalue weighted by Crippen LogP contribution is 2.37. The number of hydrogen-bond acceptors (Lipinski definition) is 4. The predicted molar refractivity (Wildman–Crippen MR) is 114 cm³/mol. The maximum atomic E-state index is 13.1. The Morgan fingerprint density at radius 3 is 2.69 bits per heavy atom. The van der Waals surface area contributed by atoms with Crippen molar-refractivity contribution in [1.29, 1.82) is 0 Å². The first-order chi connectivity index (χ1) is 14.1. The van der Waals surface area contributed by atoms with Crippen LogP contribution in [0.2, 0.25) is 0 Å². The first-order valence-electron chi connectivity index (χ1n) is 9.12. The molecular formula is C22H20NO5P. The van der Waals surface area contributed by atoms with E-state index >= 15 is 0 Å². The van der Waals surface area contributed by atoms with Crippen LogP contribution >= 0.6 is 8.03 Å². The van der Waals surface area contributed by atoms with E-state index in [2.05, 4.69) is 5.32 Å². The molecule has 1 amide bonds. The number of carbonyl (C=O) groups is 1. The third kappa shape index (κ3) is 3.90. The van der Waals surface area contributed by atoms with Gasteiger partial charge in [-0.05, 0) is 29.0 Å². The van der Waals surface area contributed by atoms with E-state index in [0.29, 0.717) is 28.0 Å². The van der Waals surface area contributed by atoms with Gasteiger partial charge in [0.1, 0.15) is 0 Å². The van der Waals surface area contributed by atoms with Crippen LogP contribution in [0.25, 0.3) is 21.7 Å². The lowest BCUT2D eigenvalue weighted by atomic mass is 9.99. The highest BCUT2D eigenvalue weighted by atomic mass is 31.1. The predicted octanol–water partition coefficient (Wildman–Crippen LogP) is 4.78. The molecule has 0 saturated carbocycles. The zero-order chi connectivity index (χ0) is 20.4. The van der Waals surface area contributed by atoms with Crippen molar-refractivity contribution in [2.45, 2.75) is 5.92 Å². The molecule has 2 unspecified atom stereocenters. The fourth-order valence-corrected chi connectivity index (χ4v) is 4.25. The molecule has 0 fully saturated rings. The number of amides is 1. The number of ether oxygens (including phenoxy) is 1. The molecule has 0 radical (unpaired) electrons. The van der Waals surface area contributed by atoms with Gasteiger partial charge in [0, 0.05) is 22.8 Å². The molecule has 148 valence electrons. The lowest BCUT2D eigenvalue weighted by Gasteiger charge is -2.15. The number of methoxy groups -OCH3 is 1. The highest BCUT2D eigenvalue weighted by molar-refractivity contribution is 7.38. The van der Waals surface area contributed by atoms with Crippen molar-refractivity contribution in [3.8, 4) is 5.75 Å². The van der Waals surface area contributed by atoms with E-state index in [1.54, 1.807) is 12.1 Å². The van der Waals surface area contributed by atoms with Crippen molar-refractivity contribution >= 4 is 41.4 Å². The quantitative estimate of drug-likeness (QED) is 0.447. The fourth-order valence-electron chi connectivity index (χ4n) is 3.50. The zero-order valence-electron chi connectivity index (χ0n) is 15.7. The van der Waals surface area contributed by atoms with Gasteiger partial charge in [0.25, 0.3) is 0 Å². The number of furan rings is 1. The van der Waals surface area contributed by atoms with Gasteiger partial charge in [-0.15, -0.1) is 0 Å². The van der Waals surface area contributed by atoms with E-state index < -0.39 is 13.9 Å². The van der Waals surface area contributed by atoms with Gasteiger partial charge >= 0.3 is 0 Å². The third-order valence-corrected chi connectivity index (χ3v) is 5.66. The van der Waals surface area contributed by atoms with E-state index in [0.717, 1.165) is 10.8 Å². The second kappa shape index (κ2) is 8.11. The standard InChI is InChI=1S/C22H20NO5P/c1-27-20-8-4-7-17-18(12-28-21(17)20)19(13-29(25)26)22(24)23-16-10-9-14-5-2-3-6-15(14)11-16/h2-12,19,29H,13H2,1H3,(H,23,24)(H,25,26). The number of para-hydroxylation sites is 1. The van der Waals surface area contributed by atoms with Crippen LogP contribution in [-0.4, -0.2) is 24.1 Å². The summed E-state index contributed by atoms with van der Waals surface area (Å²) in [5.74, 6) is -0.650. The van der Waals surface area contributed by atoms with Crippen LogP contribution in [0.4, 0.5) is 5.69 Å². The molecule has 2 N–H and O–H groups in total. The molecule has 0 aliphatic carbocycles. The first-order valence-corrected chi connectivity index (χ1v) is 10.7. The largest absolute Gasteiger partial charge is 0.493 e. The molecule has 0 spiro atoms. The van der Waals surface area contributed by atoms with Crippen LogP contribution in [-0.2, 0) is 9.36 Å². The van der Waals surface area contributed by atoms with E-state index in [1.165, 1.54) is 13.4 Å². The number of benzene rings is 3. The molecule has 0 bridgehead atoms. The molecule has 4 aromatic rings. The maximum absolute atomic E-state index is 13.1. The topological polar surface area (TPSA) is 88.8 Å². The second-order valence-corrected chi connectivity index (χ2v) is 7.93. The lowest BCUT2D eigenvalue weighted by molar-refractivity contribution is -0.117. The summed E-state index contributed by atoms with van der Waals surface area (Å²) in [4.78, 5) is 22.6. The van der Waals surface area contributed by atoms with Gasteiger partial charge < -0.3 is 19.4 Å². The average Bonchev–Trinajstić information content (AvgIpc) is 3.15. The number of anilines is 1. The number of hydrogen-bond donors (Lipinski definition) is 2. The van der Waals surface area contributed by atoms with E-state index in [1.807, 2.05) is 48.5 Å². The Hall–Kier alpha value is -3.08. The van der Waals surface area contributed by atoms with Gasteiger partial charge in [-0.2, -0.15) is 0 Å². The Kier molecular flexibility index (Phi) is 5.38. The second-order valence-electron chi connectivity index (χ2n) is 6.73. The molecule has 2 atom stereocenters. The Morgan fingerprint density at radius 2 is 1.93 bits per heavy atom. The minimum Gasteiger partial charge on any atom is -0.493 e. The van der Waals surface area contributed by atoms with E-state index in [-0.39, 0.29) is 12.1 Å². The van der Waals surface area contributed by atoms with Gasteiger partial charge in [0.05, 0.1) is 19.3 Å². The summed E-state index contributed by atoms with van der Waals surface area (Å²) in [7, 11) is -1.36. The number of carbonyl (C=O) groups excluding carboxylic acids is 1. The maximum Gasteiger partial charge on any atom is 0.232 e. The molecule has 6 nitrogen and oxygen atoms in total. The van der Waals surface area contributed by atoms with Crippen molar-refractivity contribution in [3.63, 3.8) is 0 Å². The summed E-state index contributed by atoms with van der Waals surface area (Å²) in [5.41, 5.74) is 1.69. The summed E-state index contributed by atoms with van der Waals surface area (Å²) >= 11 is 0. The van der Waals surface area contributed by atoms with Crippen LogP contribution in [0.5, 0.6) is 5.75 Å². The molecule has 0 aliphatic rings. The van der Waals surface area contributed by atoms with Crippen LogP contribution in [0, 0.1) is 0 Å². The fraction of sp³-hybridized carbons (Fsp3) is 0.136. The van der Waals surface area contributed by atoms with Crippen LogP contribution < -0.4 is 10.1 Å².